The number of nitrogens with zero attached hydrogens (tertiary/aromatic N) is 1. The van der Waals surface area contributed by atoms with Gasteiger partial charge in [-0.25, -0.2) is 0 Å². The number of aromatic nitrogens is 1. The van der Waals surface area contributed by atoms with E-state index in [1.165, 1.54) is 6.26 Å². The molecule has 1 fully saturated rings. The Balaban J connectivity index is 1.65. The maximum Gasteiger partial charge on any atom is 0.302 e. The zero-order chi connectivity index (χ0) is 15.7. The van der Waals surface area contributed by atoms with Crippen molar-refractivity contribution in [3.63, 3.8) is 0 Å². The average Bonchev–Trinajstić information content (AvgIpc) is 3.23. The number of anilines is 2. The normalized spacial score (nSPS) is 13.7. The molecular weight excluding hydrogens is 282 g/mol. The van der Waals surface area contributed by atoms with Gasteiger partial charge in [-0.3, -0.25) is 14.9 Å². The van der Waals surface area contributed by atoms with Crippen molar-refractivity contribution < 1.29 is 14.0 Å². The van der Waals surface area contributed by atoms with Gasteiger partial charge in [0, 0.05) is 11.6 Å². The highest BCUT2D eigenvalue weighted by molar-refractivity contribution is 6.03. The summed E-state index contributed by atoms with van der Waals surface area (Å²) in [7, 11) is 0. The maximum absolute atomic E-state index is 12.1. The third-order valence-corrected chi connectivity index (χ3v) is 3.68. The second-order valence-electron chi connectivity index (χ2n) is 5.55. The number of carbonyl (C=O) groups excluding carboxylic acids is 2. The van der Waals surface area contributed by atoms with Crippen molar-refractivity contribution in [2.24, 2.45) is 5.92 Å². The maximum atomic E-state index is 12.1. The molecule has 1 aromatic heterocycles. The summed E-state index contributed by atoms with van der Waals surface area (Å²) in [6.07, 6.45) is 3.03. The zero-order valence-corrected chi connectivity index (χ0v) is 12.5. The van der Waals surface area contributed by atoms with E-state index in [4.69, 9.17) is 4.42 Å². The van der Waals surface area contributed by atoms with Gasteiger partial charge < -0.3 is 9.73 Å². The second kappa shape index (κ2) is 5.63. The van der Waals surface area contributed by atoms with E-state index in [1.807, 2.05) is 32.0 Å². The van der Waals surface area contributed by atoms with Crippen LogP contribution in [0.4, 0.5) is 11.7 Å². The van der Waals surface area contributed by atoms with Gasteiger partial charge in [-0.05, 0) is 49.9 Å². The molecule has 1 aliphatic rings. The van der Waals surface area contributed by atoms with Crippen LogP contribution < -0.4 is 10.6 Å². The Morgan fingerprint density at radius 1 is 1.18 bits per heavy atom. The van der Waals surface area contributed by atoms with E-state index in [0.717, 1.165) is 24.0 Å². The monoisotopic (exact) mass is 299 g/mol. The minimum absolute atomic E-state index is 0.0553. The summed E-state index contributed by atoms with van der Waals surface area (Å²) in [5.41, 5.74) is 3.07. The number of carbonyl (C=O) groups is 2. The van der Waals surface area contributed by atoms with Crippen LogP contribution in [-0.2, 0) is 4.79 Å². The molecule has 0 spiro atoms. The Kier molecular flexibility index (Phi) is 3.66. The summed E-state index contributed by atoms with van der Waals surface area (Å²) in [5.74, 6) is -0.429. The molecule has 1 saturated carbocycles. The van der Waals surface area contributed by atoms with Crippen LogP contribution >= 0.6 is 0 Å². The molecule has 3 rings (SSSR count). The summed E-state index contributed by atoms with van der Waals surface area (Å²) >= 11 is 0. The third-order valence-electron chi connectivity index (χ3n) is 3.68. The van der Waals surface area contributed by atoms with Crippen molar-refractivity contribution in [3.8, 4) is 0 Å². The number of benzene rings is 1. The first-order chi connectivity index (χ1) is 10.5. The topological polar surface area (TPSA) is 84.2 Å². The molecule has 0 bridgehead atoms. The Bertz CT molecular complexity index is 732. The van der Waals surface area contributed by atoms with Crippen molar-refractivity contribution in [2.75, 3.05) is 10.6 Å². The smallest absolute Gasteiger partial charge is 0.302 e. The Morgan fingerprint density at radius 3 is 2.64 bits per heavy atom. The van der Waals surface area contributed by atoms with E-state index < -0.39 is 0 Å². The largest absolute Gasteiger partial charge is 0.431 e. The van der Waals surface area contributed by atoms with E-state index in [0.29, 0.717) is 5.69 Å². The summed E-state index contributed by atoms with van der Waals surface area (Å²) < 4.78 is 5.11. The van der Waals surface area contributed by atoms with Crippen molar-refractivity contribution in [3.05, 3.63) is 41.3 Å². The van der Waals surface area contributed by atoms with Crippen LogP contribution in [0.1, 0.15) is 34.5 Å². The lowest BCUT2D eigenvalue weighted by atomic mass is 10.1. The fraction of sp³-hybridized carbons (Fsp3) is 0.312. The molecule has 1 heterocycles. The van der Waals surface area contributed by atoms with Gasteiger partial charge in [-0.2, -0.15) is 4.98 Å². The molecule has 1 aromatic carbocycles. The predicted octanol–water partition coefficient (Wildman–Crippen LogP) is 2.89. The fourth-order valence-corrected chi connectivity index (χ4v) is 2.00. The number of hydrogen-bond acceptors (Lipinski definition) is 4. The standard InChI is InChI=1S/C16H17N3O3/c1-9-3-6-12(7-10(9)2)17-15(21)13-8-22-16(18-13)19-14(20)11-4-5-11/h3,6-8,11H,4-5H2,1-2H3,(H,17,21)(H,18,19,20). The summed E-state index contributed by atoms with van der Waals surface area (Å²) in [6.45, 7) is 3.99. The highest BCUT2D eigenvalue weighted by atomic mass is 16.4. The highest BCUT2D eigenvalue weighted by Gasteiger charge is 2.30. The molecule has 0 atom stereocenters. The van der Waals surface area contributed by atoms with Gasteiger partial charge in [0.2, 0.25) is 5.91 Å². The summed E-state index contributed by atoms with van der Waals surface area (Å²) in [6, 6.07) is 5.72. The van der Waals surface area contributed by atoms with E-state index >= 15 is 0 Å². The lowest BCUT2D eigenvalue weighted by Gasteiger charge is -2.05. The molecule has 1 aliphatic carbocycles. The van der Waals surface area contributed by atoms with Gasteiger partial charge in [0.15, 0.2) is 5.69 Å². The van der Waals surface area contributed by atoms with Crippen LogP contribution in [0.2, 0.25) is 0 Å². The molecular formula is C16H17N3O3. The average molecular weight is 299 g/mol. The number of rotatable bonds is 4. The predicted molar refractivity (Wildman–Crippen MR) is 81.7 cm³/mol. The van der Waals surface area contributed by atoms with Crippen molar-refractivity contribution in [2.45, 2.75) is 26.7 Å². The first-order valence-corrected chi connectivity index (χ1v) is 7.18. The molecule has 0 unspecified atom stereocenters. The molecule has 0 radical (unpaired) electrons. The SMILES string of the molecule is Cc1ccc(NC(=O)c2coc(NC(=O)C3CC3)n2)cc1C. The molecule has 0 saturated heterocycles. The van der Waals surface area contributed by atoms with Crippen LogP contribution in [0.25, 0.3) is 0 Å². The van der Waals surface area contributed by atoms with Gasteiger partial charge in [-0.15, -0.1) is 0 Å². The van der Waals surface area contributed by atoms with E-state index in [-0.39, 0.29) is 29.4 Å². The Labute approximate surface area is 127 Å². The zero-order valence-electron chi connectivity index (χ0n) is 12.5. The van der Waals surface area contributed by atoms with Gasteiger partial charge in [0.25, 0.3) is 5.91 Å². The molecule has 2 N–H and O–H groups in total. The summed E-state index contributed by atoms with van der Waals surface area (Å²) in [4.78, 5) is 27.7. The van der Waals surface area contributed by atoms with E-state index in [1.54, 1.807) is 0 Å². The summed E-state index contributed by atoms with van der Waals surface area (Å²) in [5, 5.41) is 5.32. The van der Waals surface area contributed by atoms with Crippen LogP contribution in [0.3, 0.4) is 0 Å². The van der Waals surface area contributed by atoms with Gasteiger partial charge in [-0.1, -0.05) is 6.07 Å². The van der Waals surface area contributed by atoms with Crippen molar-refractivity contribution in [1.29, 1.82) is 0 Å². The lowest BCUT2D eigenvalue weighted by molar-refractivity contribution is -0.117. The molecule has 6 nitrogen and oxygen atoms in total. The number of aryl methyl sites for hydroxylation is 2. The molecule has 0 aliphatic heterocycles. The van der Waals surface area contributed by atoms with Gasteiger partial charge in [0.1, 0.15) is 6.26 Å². The molecule has 2 aromatic rings. The van der Waals surface area contributed by atoms with Crippen molar-refractivity contribution >= 4 is 23.5 Å². The molecule has 6 heteroatoms. The third kappa shape index (κ3) is 3.16. The first-order valence-electron chi connectivity index (χ1n) is 7.18. The van der Waals surface area contributed by atoms with E-state index in [2.05, 4.69) is 15.6 Å². The van der Waals surface area contributed by atoms with Crippen LogP contribution in [0.15, 0.2) is 28.9 Å². The van der Waals surface area contributed by atoms with Gasteiger partial charge in [0.05, 0.1) is 0 Å². The number of hydrogen-bond donors (Lipinski definition) is 2. The fourth-order valence-electron chi connectivity index (χ4n) is 2.00. The minimum atomic E-state index is -0.376. The molecule has 2 amide bonds. The molecule has 22 heavy (non-hydrogen) atoms. The number of amides is 2. The second-order valence-corrected chi connectivity index (χ2v) is 5.55. The van der Waals surface area contributed by atoms with Crippen LogP contribution in [-0.4, -0.2) is 16.8 Å². The minimum Gasteiger partial charge on any atom is -0.431 e. The van der Waals surface area contributed by atoms with Crippen molar-refractivity contribution in [1.82, 2.24) is 4.98 Å². The van der Waals surface area contributed by atoms with E-state index in [9.17, 15) is 9.59 Å². The lowest BCUT2D eigenvalue weighted by Crippen LogP contribution is -2.15. The number of oxazole rings is 1. The Morgan fingerprint density at radius 2 is 1.95 bits per heavy atom. The van der Waals surface area contributed by atoms with Gasteiger partial charge >= 0.3 is 6.01 Å². The molecule has 114 valence electrons. The quantitative estimate of drug-likeness (QED) is 0.909. The van der Waals surface area contributed by atoms with Crippen LogP contribution in [0.5, 0.6) is 0 Å². The number of nitrogens with one attached hydrogen (secondary N) is 2. The first kappa shape index (κ1) is 14.3. The highest BCUT2D eigenvalue weighted by Crippen LogP contribution is 2.30. The van der Waals surface area contributed by atoms with Crippen LogP contribution in [0, 0.1) is 19.8 Å². The Hall–Kier alpha value is -2.63.